The zero-order valence-corrected chi connectivity index (χ0v) is 14.2. The van der Waals surface area contributed by atoms with E-state index in [1.54, 1.807) is 29.3 Å². The van der Waals surface area contributed by atoms with Crippen molar-refractivity contribution in [1.82, 2.24) is 15.3 Å². The van der Waals surface area contributed by atoms with Gasteiger partial charge in [0.15, 0.2) is 0 Å². The van der Waals surface area contributed by atoms with Gasteiger partial charge in [0.05, 0.1) is 16.0 Å². The van der Waals surface area contributed by atoms with Gasteiger partial charge in [-0.15, -0.1) is 23.1 Å². The van der Waals surface area contributed by atoms with Crippen molar-refractivity contribution in [2.75, 3.05) is 12.3 Å². The molecule has 1 amide bonds. The van der Waals surface area contributed by atoms with Gasteiger partial charge < -0.3 is 5.32 Å². The molecule has 0 saturated heterocycles. The van der Waals surface area contributed by atoms with Crippen LogP contribution >= 0.6 is 23.1 Å². The van der Waals surface area contributed by atoms with Gasteiger partial charge in [-0.1, -0.05) is 18.2 Å². The molecule has 0 atom stereocenters. The normalized spacial score (nSPS) is 10.8. The number of hydrogen-bond donors (Lipinski definition) is 1. The van der Waals surface area contributed by atoms with Crippen LogP contribution < -0.4 is 5.32 Å². The lowest BCUT2D eigenvalue weighted by Gasteiger charge is -2.04. The maximum Gasteiger partial charge on any atom is 0.230 e. The predicted molar refractivity (Wildman–Crippen MR) is 96.7 cm³/mol. The Morgan fingerprint density at radius 1 is 1.17 bits per heavy atom. The summed E-state index contributed by atoms with van der Waals surface area (Å²) in [6.45, 7) is 0.623. The first-order chi connectivity index (χ1) is 11.3. The van der Waals surface area contributed by atoms with Crippen LogP contribution in [0.1, 0.15) is 10.7 Å². The largest absolute Gasteiger partial charge is 0.355 e. The predicted octanol–water partition coefficient (Wildman–Crippen LogP) is 3.28. The van der Waals surface area contributed by atoms with Crippen LogP contribution in [0.15, 0.2) is 48.7 Å². The number of aromatic nitrogens is 2. The van der Waals surface area contributed by atoms with Gasteiger partial charge in [-0.25, -0.2) is 4.98 Å². The molecule has 0 aliphatic heterocycles. The number of carbonyl (C=O) groups is 1. The Hall–Kier alpha value is -1.92. The summed E-state index contributed by atoms with van der Waals surface area (Å²) in [7, 11) is 0. The summed E-state index contributed by atoms with van der Waals surface area (Å²) >= 11 is 3.29. The number of thiazole rings is 1. The minimum absolute atomic E-state index is 0.0621. The van der Waals surface area contributed by atoms with Crippen molar-refractivity contribution in [1.29, 1.82) is 0 Å². The molecule has 3 rings (SSSR count). The number of nitrogens with one attached hydrogen (secondary N) is 1. The van der Waals surface area contributed by atoms with Gasteiger partial charge in [-0.2, -0.15) is 0 Å². The van der Waals surface area contributed by atoms with E-state index in [9.17, 15) is 4.79 Å². The van der Waals surface area contributed by atoms with Crippen LogP contribution in [0.4, 0.5) is 0 Å². The third-order valence-corrected chi connectivity index (χ3v) is 5.39. The van der Waals surface area contributed by atoms with Crippen molar-refractivity contribution < 1.29 is 4.79 Å². The van der Waals surface area contributed by atoms with E-state index in [-0.39, 0.29) is 5.91 Å². The van der Waals surface area contributed by atoms with E-state index in [2.05, 4.69) is 21.4 Å². The Kier molecular flexibility index (Phi) is 5.60. The molecular formula is C17H17N3OS2. The molecule has 1 N–H and O–H groups in total. The summed E-state index contributed by atoms with van der Waals surface area (Å²) in [4.78, 5) is 20.6. The standard InChI is InChI=1S/C17H17N3OS2/c21-16(19-10-8-13-5-3-4-9-18-13)11-22-12-17-20-14-6-1-2-7-15(14)23-17/h1-7,9H,8,10-12H2,(H,19,21). The molecule has 0 radical (unpaired) electrons. The van der Waals surface area contributed by atoms with E-state index >= 15 is 0 Å². The molecule has 6 heteroatoms. The lowest BCUT2D eigenvalue weighted by atomic mass is 10.3. The van der Waals surface area contributed by atoms with Crippen LogP contribution in [-0.4, -0.2) is 28.2 Å². The molecule has 0 unspecified atom stereocenters. The van der Waals surface area contributed by atoms with Crippen LogP contribution in [0.5, 0.6) is 0 Å². The number of thioether (sulfide) groups is 1. The first-order valence-electron chi connectivity index (χ1n) is 7.40. The van der Waals surface area contributed by atoms with E-state index in [0.29, 0.717) is 12.3 Å². The van der Waals surface area contributed by atoms with Gasteiger partial charge in [0.1, 0.15) is 5.01 Å². The van der Waals surface area contributed by atoms with Crippen molar-refractivity contribution in [3.05, 3.63) is 59.4 Å². The molecular weight excluding hydrogens is 326 g/mol. The minimum Gasteiger partial charge on any atom is -0.355 e. The van der Waals surface area contributed by atoms with Crippen molar-refractivity contribution >= 4 is 39.2 Å². The maximum absolute atomic E-state index is 11.8. The molecule has 23 heavy (non-hydrogen) atoms. The third kappa shape index (κ3) is 4.77. The summed E-state index contributed by atoms with van der Waals surface area (Å²) in [5, 5.41) is 3.99. The lowest BCUT2D eigenvalue weighted by molar-refractivity contribution is -0.118. The van der Waals surface area contributed by atoms with Gasteiger partial charge in [0.25, 0.3) is 0 Å². The molecule has 4 nitrogen and oxygen atoms in total. The average molecular weight is 343 g/mol. The van der Waals surface area contributed by atoms with E-state index in [0.717, 1.165) is 28.4 Å². The molecule has 118 valence electrons. The Labute approximate surface area is 143 Å². The van der Waals surface area contributed by atoms with Gasteiger partial charge in [0.2, 0.25) is 5.91 Å². The Bertz CT molecular complexity index is 741. The smallest absolute Gasteiger partial charge is 0.230 e. The lowest BCUT2D eigenvalue weighted by Crippen LogP contribution is -2.27. The van der Waals surface area contributed by atoms with Gasteiger partial charge >= 0.3 is 0 Å². The molecule has 2 heterocycles. The zero-order valence-electron chi connectivity index (χ0n) is 12.6. The van der Waals surface area contributed by atoms with E-state index in [1.807, 2.05) is 36.4 Å². The van der Waals surface area contributed by atoms with Crippen LogP contribution in [0.25, 0.3) is 10.2 Å². The topological polar surface area (TPSA) is 54.9 Å². The van der Waals surface area contributed by atoms with Crippen LogP contribution in [-0.2, 0) is 17.0 Å². The Balaban J connectivity index is 1.37. The highest BCUT2D eigenvalue weighted by Crippen LogP contribution is 2.24. The molecule has 0 fully saturated rings. The number of benzene rings is 1. The van der Waals surface area contributed by atoms with Crippen LogP contribution in [0.3, 0.4) is 0 Å². The highest BCUT2D eigenvalue weighted by Gasteiger charge is 2.06. The second kappa shape index (κ2) is 8.08. The Morgan fingerprint density at radius 2 is 2.04 bits per heavy atom. The van der Waals surface area contributed by atoms with Crippen LogP contribution in [0.2, 0.25) is 0 Å². The SMILES string of the molecule is O=C(CSCc1nc2ccccc2s1)NCCc1ccccn1. The number of pyridine rings is 1. The maximum atomic E-state index is 11.8. The third-order valence-electron chi connectivity index (χ3n) is 3.23. The average Bonchev–Trinajstić information content (AvgIpc) is 2.98. The number of fused-ring (bicyclic) bond motifs is 1. The fourth-order valence-corrected chi connectivity index (χ4v) is 4.02. The number of hydrogen-bond acceptors (Lipinski definition) is 5. The van der Waals surface area contributed by atoms with Crippen LogP contribution in [0, 0.1) is 0 Å². The molecule has 3 aromatic rings. The molecule has 0 bridgehead atoms. The van der Waals surface area contributed by atoms with E-state index < -0.39 is 0 Å². The van der Waals surface area contributed by atoms with Crippen molar-refractivity contribution in [3.8, 4) is 0 Å². The number of rotatable bonds is 7. The first kappa shape index (κ1) is 16.0. The van der Waals surface area contributed by atoms with Crippen molar-refractivity contribution in [3.63, 3.8) is 0 Å². The highest BCUT2D eigenvalue weighted by molar-refractivity contribution is 7.99. The summed E-state index contributed by atoms with van der Waals surface area (Å²) < 4.78 is 1.20. The van der Waals surface area contributed by atoms with Gasteiger partial charge in [0, 0.05) is 30.6 Å². The number of para-hydroxylation sites is 1. The first-order valence-corrected chi connectivity index (χ1v) is 9.37. The van der Waals surface area contributed by atoms with Gasteiger partial charge in [-0.05, 0) is 24.3 Å². The molecule has 0 aliphatic carbocycles. The molecule has 0 aliphatic rings. The zero-order chi connectivity index (χ0) is 15.9. The monoisotopic (exact) mass is 343 g/mol. The molecule has 1 aromatic carbocycles. The molecule has 0 spiro atoms. The number of amides is 1. The van der Waals surface area contributed by atoms with Crippen molar-refractivity contribution in [2.24, 2.45) is 0 Å². The van der Waals surface area contributed by atoms with Gasteiger partial charge in [-0.3, -0.25) is 9.78 Å². The Morgan fingerprint density at radius 3 is 2.87 bits per heavy atom. The second-order valence-corrected chi connectivity index (χ2v) is 7.09. The summed E-state index contributed by atoms with van der Waals surface area (Å²) in [5.41, 5.74) is 2.03. The minimum atomic E-state index is 0.0621. The van der Waals surface area contributed by atoms with Crippen molar-refractivity contribution in [2.45, 2.75) is 12.2 Å². The summed E-state index contributed by atoms with van der Waals surface area (Å²) in [6, 6.07) is 13.9. The van der Waals surface area contributed by atoms with E-state index in [4.69, 9.17) is 0 Å². The number of nitrogens with zero attached hydrogens (tertiary/aromatic N) is 2. The summed E-state index contributed by atoms with van der Waals surface area (Å²) in [5.74, 6) is 1.29. The molecule has 2 aromatic heterocycles. The summed E-state index contributed by atoms with van der Waals surface area (Å²) in [6.07, 6.45) is 2.53. The fourth-order valence-electron chi connectivity index (χ4n) is 2.14. The highest BCUT2D eigenvalue weighted by atomic mass is 32.2. The molecule has 0 saturated carbocycles. The fraction of sp³-hybridized carbons (Fsp3) is 0.235. The quantitative estimate of drug-likeness (QED) is 0.715. The second-order valence-electron chi connectivity index (χ2n) is 4.99. The van der Waals surface area contributed by atoms with E-state index in [1.165, 1.54) is 4.70 Å². The number of carbonyl (C=O) groups excluding carboxylic acids is 1.